The minimum absolute atomic E-state index is 0.00280. The van der Waals surface area contributed by atoms with Gasteiger partial charge in [-0.05, 0) is 42.8 Å². The molecule has 0 aliphatic carbocycles. The molecule has 0 bridgehead atoms. The molecule has 0 aliphatic rings. The molecule has 2 rings (SSSR count). The molecule has 1 atom stereocenters. The largest absolute Gasteiger partial charge is 0.335 e. The van der Waals surface area contributed by atoms with Crippen LogP contribution in [0.3, 0.4) is 0 Å². The third-order valence-electron chi connectivity index (χ3n) is 4.28. The molecule has 27 heavy (non-hydrogen) atoms. The molecule has 3 N–H and O–H groups in total. The van der Waals surface area contributed by atoms with Crippen LogP contribution in [0, 0.1) is 0 Å². The zero-order chi connectivity index (χ0) is 20.2. The summed E-state index contributed by atoms with van der Waals surface area (Å²) in [5, 5.41) is 7.90. The van der Waals surface area contributed by atoms with Gasteiger partial charge >= 0.3 is 0 Å². The monoisotopic (exact) mass is 389 g/mol. The third kappa shape index (κ3) is 5.15. The summed E-state index contributed by atoms with van der Waals surface area (Å²) >= 11 is 0. The van der Waals surface area contributed by atoms with E-state index in [1.165, 1.54) is 17.0 Å². The lowest BCUT2D eigenvalue weighted by atomic mass is 10.1. The van der Waals surface area contributed by atoms with Crippen LogP contribution < -0.4 is 10.5 Å². The molecule has 0 heterocycles. The first-order chi connectivity index (χ1) is 12.6. The highest BCUT2D eigenvalue weighted by Gasteiger charge is 2.20. The van der Waals surface area contributed by atoms with Crippen LogP contribution in [0.2, 0.25) is 0 Å². The molecule has 0 fully saturated rings. The molecule has 0 unspecified atom stereocenters. The predicted molar refractivity (Wildman–Crippen MR) is 104 cm³/mol. The first kappa shape index (κ1) is 20.6. The SMILES string of the molecule is CCC(=O)Nc1cccc(C(=O)N(C)[C@@H](C)c2cccc(S(N)(=O)=O)c2)c1. The summed E-state index contributed by atoms with van der Waals surface area (Å²) in [6.45, 7) is 3.54. The van der Waals surface area contributed by atoms with Crippen LogP contribution in [0.1, 0.15) is 42.2 Å². The fraction of sp³-hybridized carbons (Fsp3) is 0.263. The van der Waals surface area contributed by atoms with Crippen molar-refractivity contribution in [2.24, 2.45) is 5.14 Å². The topological polar surface area (TPSA) is 110 Å². The number of nitrogens with zero attached hydrogens (tertiary/aromatic N) is 1. The minimum atomic E-state index is -3.82. The lowest BCUT2D eigenvalue weighted by Crippen LogP contribution is -2.30. The van der Waals surface area contributed by atoms with Gasteiger partial charge in [-0.3, -0.25) is 9.59 Å². The van der Waals surface area contributed by atoms with Gasteiger partial charge in [0.25, 0.3) is 5.91 Å². The van der Waals surface area contributed by atoms with E-state index in [4.69, 9.17) is 5.14 Å². The first-order valence-corrected chi connectivity index (χ1v) is 9.98. The lowest BCUT2D eigenvalue weighted by molar-refractivity contribution is -0.115. The van der Waals surface area contributed by atoms with Gasteiger partial charge in [-0.1, -0.05) is 25.1 Å². The number of nitrogens with one attached hydrogen (secondary N) is 1. The Morgan fingerprint density at radius 3 is 2.44 bits per heavy atom. The fourth-order valence-electron chi connectivity index (χ4n) is 2.53. The Labute approximate surface area is 159 Å². The van der Waals surface area contributed by atoms with Crippen LogP contribution in [0.4, 0.5) is 5.69 Å². The van der Waals surface area contributed by atoms with Gasteiger partial charge < -0.3 is 10.2 Å². The van der Waals surface area contributed by atoms with Crippen molar-refractivity contribution in [1.29, 1.82) is 0 Å². The smallest absolute Gasteiger partial charge is 0.254 e. The normalized spacial score (nSPS) is 12.3. The maximum atomic E-state index is 12.8. The highest BCUT2D eigenvalue weighted by molar-refractivity contribution is 7.89. The third-order valence-corrected chi connectivity index (χ3v) is 5.20. The number of benzene rings is 2. The molecule has 8 heteroatoms. The number of hydrogen-bond acceptors (Lipinski definition) is 4. The van der Waals surface area contributed by atoms with Crippen LogP contribution in [0.15, 0.2) is 53.4 Å². The molecule has 0 saturated heterocycles. The van der Waals surface area contributed by atoms with Crippen molar-refractivity contribution < 1.29 is 18.0 Å². The number of amides is 2. The van der Waals surface area contributed by atoms with Crippen molar-refractivity contribution in [1.82, 2.24) is 4.90 Å². The summed E-state index contributed by atoms with van der Waals surface area (Å²) < 4.78 is 23.1. The Kier molecular flexibility index (Phi) is 6.35. The number of rotatable bonds is 6. The van der Waals surface area contributed by atoms with Crippen LogP contribution in [-0.2, 0) is 14.8 Å². The zero-order valence-corrected chi connectivity index (χ0v) is 16.3. The molecule has 0 spiro atoms. The van der Waals surface area contributed by atoms with E-state index in [9.17, 15) is 18.0 Å². The van der Waals surface area contributed by atoms with Crippen molar-refractivity contribution >= 4 is 27.5 Å². The summed E-state index contributed by atoms with van der Waals surface area (Å²) in [4.78, 5) is 25.9. The Balaban J connectivity index is 2.24. The van der Waals surface area contributed by atoms with Gasteiger partial charge in [-0.15, -0.1) is 0 Å². The van der Waals surface area contributed by atoms with Crippen molar-refractivity contribution in [3.63, 3.8) is 0 Å². The van der Waals surface area contributed by atoms with Crippen LogP contribution in [0.25, 0.3) is 0 Å². The van der Waals surface area contributed by atoms with Gasteiger partial charge in [0.1, 0.15) is 0 Å². The molecule has 0 radical (unpaired) electrons. The van der Waals surface area contributed by atoms with E-state index in [2.05, 4.69) is 5.32 Å². The molecule has 144 valence electrons. The second-order valence-corrected chi connectivity index (χ2v) is 7.75. The Morgan fingerprint density at radius 1 is 1.15 bits per heavy atom. The van der Waals surface area contributed by atoms with Crippen LogP contribution >= 0.6 is 0 Å². The van der Waals surface area contributed by atoms with Gasteiger partial charge in [0.05, 0.1) is 10.9 Å². The second-order valence-electron chi connectivity index (χ2n) is 6.19. The van der Waals surface area contributed by atoms with Crippen LogP contribution in [0.5, 0.6) is 0 Å². The number of hydrogen-bond donors (Lipinski definition) is 2. The van der Waals surface area contributed by atoms with Gasteiger partial charge in [0, 0.05) is 24.7 Å². The molecule has 2 aromatic carbocycles. The highest BCUT2D eigenvalue weighted by Crippen LogP contribution is 2.23. The van der Waals surface area contributed by atoms with Gasteiger partial charge in [0.15, 0.2) is 0 Å². The van der Waals surface area contributed by atoms with Gasteiger partial charge in [-0.25, -0.2) is 13.6 Å². The van der Waals surface area contributed by atoms with E-state index < -0.39 is 10.0 Å². The maximum absolute atomic E-state index is 12.8. The van der Waals surface area contributed by atoms with Crippen LogP contribution in [-0.4, -0.2) is 32.2 Å². The van der Waals surface area contributed by atoms with Gasteiger partial charge in [-0.2, -0.15) is 0 Å². The van der Waals surface area contributed by atoms with Crippen molar-refractivity contribution in [2.45, 2.75) is 31.2 Å². The summed E-state index contributed by atoms with van der Waals surface area (Å²) in [5.41, 5.74) is 1.61. The highest BCUT2D eigenvalue weighted by atomic mass is 32.2. The van der Waals surface area contributed by atoms with Gasteiger partial charge in [0.2, 0.25) is 15.9 Å². The average Bonchev–Trinajstić information content (AvgIpc) is 2.65. The molecule has 0 aliphatic heterocycles. The Bertz CT molecular complexity index is 957. The molecular formula is C19H23N3O4S. The zero-order valence-electron chi connectivity index (χ0n) is 15.5. The Morgan fingerprint density at radius 2 is 1.81 bits per heavy atom. The van der Waals surface area contributed by atoms with E-state index in [0.29, 0.717) is 23.2 Å². The van der Waals surface area contributed by atoms with E-state index in [-0.39, 0.29) is 22.8 Å². The first-order valence-electron chi connectivity index (χ1n) is 8.43. The minimum Gasteiger partial charge on any atom is -0.335 e. The van der Waals surface area contributed by atoms with E-state index in [1.807, 2.05) is 0 Å². The number of nitrogens with two attached hydrogens (primary N) is 1. The van der Waals surface area contributed by atoms with E-state index in [0.717, 1.165) is 0 Å². The summed E-state index contributed by atoms with van der Waals surface area (Å²) in [6.07, 6.45) is 0.343. The molecule has 0 aromatic heterocycles. The van der Waals surface area contributed by atoms with E-state index >= 15 is 0 Å². The number of carbonyl (C=O) groups excluding carboxylic acids is 2. The van der Waals surface area contributed by atoms with Crippen molar-refractivity contribution in [3.8, 4) is 0 Å². The molecule has 7 nitrogen and oxygen atoms in total. The maximum Gasteiger partial charge on any atom is 0.254 e. The standard InChI is InChI=1S/C19H23N3O4S/c1-4-18(23)21-16-9-5-8-15(11-16)19(24)22(3)13(2)14-7-6-10-17(12-14)27(20,25)26/h5-13H,4H2,1-3H3,(H,21,23)(H2,20,25,26)/t13-/m0/s1. The summed E-state index contributed by atoms with van der Waals surface area (Å²) in [5.74, 6) is -0.391. The lowest BCUT2D eigenvalue weighted by Gasteiger charge is -2.26. The quantitative estimate of drug-likeness (QED) is 0.791. The summed E-state index contributed by atoms with van der Waals surface area (Å²) in [7, 11) is -2.19. The second kappa shape index (κ2) is 8.32. The average molecular weight is 389 g/mol. The predicted octanol–water partition coefficient (Wildman–Crippen LogP) is 2.52. The number of anilines is 1. The molecule has 0 saturated carbocycles. The number of sulfonamides is 1. The Hall–Kier alpha value is -2.71. The van der Waals surface area contributed by atoms with Crippen molar-refractivity contribution in [3.05, 3.63) is 59.7 Å². The van der Waals surface area contributed by atoms with E-state index in [1.54, 1.807) is 57.3 Å². The molecule has 2 amide bonds. The number of primary sulfonamides is 1. The van der Waals surface area contributed by atoms with Crippen molar-refractivity contribution in [2.75, 3.05) is 12.4 Å². The number of carbonyl (C=O) groups is 2. The fourth-order valence-corrected chi connectivity index (χ4v) is 3.10. The molecule has 2 aromatic rings. The summed E-state index contributed by atoms with van der Waals surface area (Å²) in [6, 6.07) is 12.5. The molecular weight excluding hydrogens is 366 g/mol.